The van der Waals surface area contributed by atoms with Gasteiger partial charge in [-0.15, -0.1) is 0 Å². The maximum absolute atomic E-state index is 12.0. The van der Waals surface area contributed by atoms with Crippen molar-refractivity contribution in [2.45, 2.75) is 30.5 Å². The first-order valence-corrected chi connectivity index (χ1v) is 10.9. The second-order valence-corrected chi connectivity index (χ2v) is 9.96. The highest BCUT2D eigenvalue weighted by molar-refractivity contribution is 6.67. The summed E-state index contributed by atoms with van der Waals surface area (Å²) >= 11 is 16.9. The molecule has 2 aliphatic heterocycles. The fourth-order valence-electron chi connectivity index (χ4n) is 3.54. The number of hydrogen-bond acceptors (Lipinski definition) is 3. The molecule has 4 heterocycles. The van der Waals surface area contributed by atoms with Gasteiger partial charge in [0.05, 0.1) is 6.42 Å². The number of allylic oxidation sites excluding steroid dienone is 3. The minimum absolute atomic E-state index is 0.195. The SMILES string of the molecule is CC1=CC(C=Cc2ccc(C)o2)=[N+]2[B]n3c(ccc3CCC(=O)OCC(Cl)(Cl)Cl)C=C12. The smallest absolute Gasteiger partial charge is 0.462 e. The number of furan rings is 1. The molecule has 2 aliphatic rings. The van der Waals surface area contributed by atoms with E-state index in [4.69, 9.17) is 44.0 Å². The first kappa shape index (κ1) is 22.1. The summed E-state index contributed by atoms with van der Waals surface area (Å²) in [5.74, 6) is 1.28. The Kier molecular flexibility index (Phi) is 6.24. The largest absolute Gasteiger partial charge is 0.700 e. The lowest BCUT2D eigenvalue weighted by Crippen LogP contribution is -2.30. The number of hydrogen-bond donors (Lipinski definition) is 0. The Morgan fingerprint density at radius 3 is 2.71 bits per heavy atom. The highest BCUT2D eigenvalue weighted by atomic mass is 35.6. The molecule has 2 aromatic heterocycles. The van der Waals surface area contributed by atoms with E-state index >= 15 is 0 Å². The number of rotatable bonds is 6. The van der Waals surface area contributed by atoms with Crippen molar-refractivity contribution in [2.75, 3.05) is 6.61 Å². The zero-order valence-electron chi connectivity index (χ0n) is 17.1. The molecule has 0 amide bonds. The number of aromatic nitrogens is 1. The number of carbonyl (C=O) groups excluding carboxylic acids is 1. The summed E-state index contributed by atoms with van der Waals surface area (Å²) < 4.78 is 13.2. The van der Waals surface area contributed by atoms with E-state index in [0.29, 0.717) is 6.42 Å². The Bertz CT molecular complexity index is 1150. The third-order valence-corrected chi connectivity index (χ3v) is 5.34. The number of fused-ring (bicyclic) bond motifs is 2. The maximum Gasteiger partial charge on any atom is 0.700 e. The van der Waals surface area contributed by atoms with Crippen molar-refractivity contribution in [3.8, 4) is 0 Å². The normalized spacial score (nSPS) is 15.5. The number of esters is 1. The Hall–Kier alpha value is -2.15. The molecule has 2 aromatic rings. The van der Waals surface area contributed by atoms with Crippen molar-refractivity contribution in [3.63, 3.8) is 0 Å². The number of halogens is 3. The molecule has 0 aromatic carbocycles. The van der Waals surface area contributed by atoms with E-state index in [1.54, 1.807) is 0 Å². The Morgan fingerprint density at radius 1 is 1.19 bits per heavy atom. The number of carbonyl (C=O) groups is 1. The van der Waals surface area contributed by atoms with Crippen LogP contribution in [0.2, 0.25) is 0 Å². The van der Waals surface area contributed by atoms with Crippen LogP contribution in [-0.4, -0.2) is 38.6 Å². The van der Waals surface area contributed by atoms with Gasteiger partial charge in [-0.05, 0) is 50.6 Å². The summed E-state index contributed by atoms with van der Waals surface area (Å²) in [4.78, 5) is 12.0. The summed E-state index contributed by atoms with van der Waals surface area (Å²) in [6, 6.07) is 7.93. The molecule has 0 atom stereocenters. The average Bonchev–Trinajstić information content (AvgIpc) is 3.39. The lowest BCUT2D eigenvalue weighted by atomic mass is 10.0. The van der Waals surface area contributed by atoms with Crippen molar-refractivity contribution in [1.82, 2.24) is 4.48 Å². The van der Waals surface area contributed by atoms with Gasteiger partial charge in [0, 0.05) is 35.2 Å². The minimum atomic E-state index is -1.60. The molecule has 4 rings (SSSR count). The van der Waals surface area contributed by atoms with Gasteiger partial charge in [0.25, 0.3) is 0 Å². The summed E-state index contributed by atoms with van der Waals surface area (Å²) in [5, 5.41) is 0. The molecule has 159 valence electrons. The van der Waals surface area contributed by atoms with Gasteiger partial charge in [-0.3, -0.25) is 9.28 Å². The van der Waals surface area contributed by atoms with Crippen LogP contribution in [0.1, 0.15) is 36.3 Å². The summed E-state index contributed by atoms with van der Waals surface area (Å²) in [6.45, 7) is 3.75. The summed E-state index contributed by atoms with van der Waals surface area (Å²) in [6.07, 6.45) is 8.95. The molecule has 0 saturated heterocycles. The molecule has 0 spiro atoms. The molecule has 9 heteroatoms. The van der Waals surface area contributed by atoms with Gasteiger partial charge in [-0.2, -0.15) is 0 Å². The molecule has 31 heavy (non-hydrogen) atoms. The molecule has 0 unspecified atom stereocenters. The Balaban J connectivity index is 1.50. The quantitative estimate of drug-likeness (QED) is 0.330. The highest BCUT2D eigenvalue weighted by Crippen LogP contribution is 2.28. The number of alkyl halides is 3. The van der Waals surface area contributed by atoms with E-state index < -0.39 is 9.76 Å². The first-order chi connectivity index (χ1) is 14.7. The van der Waals surface area contributed by atoms with E-state index in [1.807, 2.05) is 50.9 Å². The van der Waals surface area contributed by atoms with Crippen molar-refractivity contribution in [3.05, 3.63) is 70.6 Å². The predicted molar refractivity (Wildman–Crippen MR) is 125 cm³/mol. The monoisotopic (exact) mass is 476 g/mol. The molecule has 0 fully saturated rings. The van der Waals surface area contributed by atoms with E-state index in [1.165, 1.54) is 5.57 Å². The second-order valence-electron chi connectivity index (χ2n) is 7.44. The van der Waals surface area contributed by atoms with Crippen LogP contribution >= 0.6 is 34.8 Å². The standard InChI is InChI=1S/C22H20BCl3N2O3/c1-14-11-17(6-9-19-8-3-15(2)31-19)28-20(14)12-18-5-4-16(27(18)23-28)7-10-21(29)30-13-22(24,25)26/h3-6,8-9,11-12H,7,10,13H2,1-2H3/q+1. The van der Waals surface area contributed by atoms with E-state index in [-0.39, 0.29) is 13.0 Å². The zero-order chi connectivity index (χ0) is 22.2. The zero-order valence-corrected chi connectivity index (χ0v) is 19.3. The average molecular weight is 478 g/mol. The van der Waals surface area contributed by atoms with Gasteiger partial charge < -0.3 is 13.6 Å². The van der Waals surface area contributed by atoms with Crippen LogP contribution in [0.3, 0.4) is 0 Å². The van der Waals surface area contributed by atoms with Crippen LogP contribution < -0.4 is 0 Å². The molecule has 0 saturated carbocycles. The maximum atomic E-state index is 12.0. The van der Waals surface area contributed by atoms with Gasteiger partial charge in [-0.1, -0.05) is 34.8 Å². The topological polar surface area (TPSA) is 47.4 Å². The lowest BCUT2D eigenvalue weighted by Gasteiger charge is -2.14. The van der Waals surface area contributed by atoms with Crippen LogP contribution in [0.5, 0.6) is 0 Å². The van der Waals surface area contributed by atoms with Crippen LogP contribution in [-0.2, 0) is 16.0 Å². The van der Waals surface area contributed by atoms with E-state index in [0.717, 1.165) is 34.3 Å². The van der Waals surface area contributed by atoms with Crippen LogP contribution in [0.15, 0.2) is 52.1 Å². The summed E-state index contributed by atoms with van der Waals surface area (Å²) in [5.41, 5.74) is 5.37. The lowest BCUT2D eigenvalue weighted by molar-refractivity contribution is -0.313. The fourth-order valence-corrected chi connectivity index (χ4v) is 3.70. The predicted octanol–water partition coefficient (Wildman–Crippen LogP) is 5.10. The van der Waals surface area contributed by atoms with Crippen molar-refractivity contribution < 1.29 is 18.4 Å². The first-order valence-electron chi connectivity index (χ1n) is 9.78. The van der Waals surface area contributed by atoms with E-state index in [9.17, 15) is 4.79 Å². The van der Waals surface area contributed by atoms with Crippen molar-refractivity contribution >= 4 is 66.2 Å². The van der Waals surface area contributed by atoms with Crippen molar-refractivity contribution in [1.29, 1.82) is 0 Å². The van der Waals surface area contributed by atoms with Gasteiger partial charge in [0.2, 0.25) is 3.79 Å². The van der Waals surface area contributed by atoms with Gasteiger partial charge in [0.1, 0.15) is 18.1 Å². The molecule has 0 bridgehead atoms. The Morgan fingerprint density at radius 2 is 2.00 bits per heavy atom. The molecular weight excluding hydrogens is 457 g/mol. The number of ether oxygens (including phenoxy) is 1. The molecule has 0 N–H and O–H groups in total. The van der Waals surface area contributed by atoms with Crippen LogP contribution in [0, 0.1) is 6.92 Å². The third kappa shape index (κ3) is 5.20. The minimum Gasteiger partial charge on any atom is -0.462 e. The van der Waals surface area contributed by atoms with Crippen LogP contribution in [0.4, 0.5) is 0 Å². The van der Waals surface area contributed by atoms with Gasteiger partial charge in [-0.25, -0.2) is 0 Å². The highest BCUT2D eigenvalue weighted by Gasteiger charge is 2.35. The molecule has 5 nitrogen and oxygen atoms in total. The van der Waals surface area contributed by atoms with Gasteiger partial charge >= 0.3 is 13.5 Å². The molecule has 0 aliphatic carbocycles. The number of aryl methyl sites for hydroxylation is 2. The Labute approximate surface area is 196 Å². The number of nitrogens with zero attached hydrogens (tertiary/aromatic N) is 2. The molecular formula is C22H20BCl3N2O3+. The van der Waals surface area contributed by atoms with E-state index in [2.05, 4.69) is 28.0 Å². The van der Waals surface area contributed by atoms with Crippen LogP contribution in [0.25, 0.3) is 12.2 Å². The van der Waals surface area contributed by atoms with Gasteiger partial charge in [0.15, 0.2) is 11.4 Å². The third-order valence-electron chi connectivity index (χ3n) is 5.02. The molecule has 1 radical (unpaired) electrons. The fraction of sp³-hybridized carbons (Fsp3) is 0.273. The van der Waals surface area contributed by atoms with Crippen molar-refractivity contribution in [2.24, 2.45) is 0 Å². The summed E-state index contributed by atoms with van der Waals surface area (Å²) in [7, 11) is 2.03. The second kappa shape index (κ2) is 8.77.